The van der Waals surface area contributed by atoms with Gasteiger partial charge in [0.05, 0.1) is 11.9 Å². The molecule has 2 rings (SSSR count). The van der Waals surface area contributed by atoms with Gasteiger partial charge >= 0.3 is 0 Å². The SMILES string of the molecule is CCCNC(=O)C(CC)N(Cc1ccccc1Cl)C(=O)CN(c1ccc(F)c(F)c1)S(C)(=O)=O. The maximum atomic E-state index is 13.8. The molecule has 34 heavy (non-hydrogen) atoms. The molecule has 0 aliphatic heterocycles. The van der Waals surface area contributed by atoms with Crippen molar-refractivity contribution in [1.29, 1.82) is 0 Å². The Morgan fingerprint density at radius 3 is 2.32 bits per heavy atom. The number of nitrogens with one attached hydrogen (secondary N) is 1. The molecular formula is C23H28ClF2N3O4S. The second kappa shape index (κ2) is 12.1. The molecular weight excluding hydrogens is 488 g/mol. The number of nitrogens with zero attached hydrogens (tertiary/aromatic N) is 2. The predicted molar refractivity (Wildman–Crippen MR) is 128 cm³/mol. The van der Waals surface area contributed by atoms with Crippen molar-refractivity contribution in [3.63, 3.8) is 0 Å². The van der Waals surface area contributed by atoms with Gasteiger partial charge in [-0.3, -0.25) is 13.9 Å². The van der Waals surface area contributed by atoms with E-state index in [9.17, 15) is 26.8 Å². The third kappa shape index (κ3) is 7.14. The van der Waals surface area contributed by atoms with Crippen molar-refractivity contribution in [2.75, 3.05) is 23.7 Å². The highest BCUT2D eigenvalue weighted by molar-refractivity contribution is 7.92. The van der Waals surface area contributed by atoms with E-state index in [0.717, 1.165) is 18.4 Å². The largest absolute Gasteiger partial charge is 0.354 e. The van der Waals surface area contributed by atoms with Gasteiger partial charge in [-0.1, -0.05) is 43.6 Å². The second-order valence-corrected chi connectivity index (χ2v) is 10.0. The highest BCUT2D eigenvalue weighted by atomic mass is 35.5. The summed E-state index contributed by atoms with van der Waals surface area (Å²) in [6.07, 6.45) is 1.81. The molecule has 1 unspecified atom stereocenters. The van der Waals surface area contributed by atoms with Crippen LogP contribution in [0.1, 0.15) is 32.3 Å². The van der Waals surface area contributed by atoms with E-state index in [1.807, 2.05) is 6.92 Å². The molecule has 7 nitrogen and oxygen atoms in total. The first-order valence-electron chi connectivity index (χ1n) is 10.7. The molecule has 0 bridgehead atoms. The summed E-state index contributed by atoms with van der Waals surface area (Å²) in [5, 5.41) is 3.14. The molecule has 1 atom stereocenters. The maximum Gasteiger partial charge on any atom is 0.244 e. The Balaban J connectivity index is 2.46. The minimum atomic E-state index is -4.05. The lowest BCUT2D eigenvalue weighted by molar-refractivity contribution is -0.140. The lowest BCUT2D eigenvalue weighted by atomic mass is 10.1. The summed E-state index contributed by atoms with van der Waals surface area (Å²) in [4.78, 5) is 27.5. The number of carbonyl (C=O) groups excluding carboxylic acids is 2. The topological polar surface area (TPSA) is 86.8 Å². The number of halogens is 3. The molecule has 0 aliphatic rings. The molecule has 1 N–H and O–H groups in total. The van der Waals surface area contributed by atoms with Crippen LogP contribution < -0.4 is 9.62 Å². The minimum Gasteiger partial charge on any atom is -0.354 e. The molecule has 186 valence electrons. The van der Waals surface area contributed by atoms with Crippen molar-refractivity contribution >= 4 is 39.1 Å². The minimum absolute atomic E-state index is 0.0497. The van der Waals surface area contributed by atoms with E-state index in [2.05, 4.69) is 5.32 Å². The number of sulfonamides is 1. The second-order valence-electron chi connectivity index (χ2n) is 7.70. The number of hydrogen-bond donors (Lipinski definition) is 1. The third-order valence-electron chi connectivity index (χ3n) is 5.10. The number of carbonyl (C=O) groups is 2. The van der Waals surface area contributed by atoms with Crippen molar-refractivity contribution in [2.45, 2.75) is 39.3 Å². The Kier molecular flexibility index (Phi) is 9.81. The molecule has 0 aromatic heterocycles. The first-order chi connectivity index (χ1) is 16.0. The first-order valence-corrected chi connectivity index (χ1v) is 13.0. The molecule has 2 aromatic rings. The monoisotopic (exact) mass is 515 g/mol. The van der Waals surface area contributed by atoms with Crippen LogP contribution in [0.15, 0.2) is 42.5 Å². The summed E-state index contributed by atoms with van der Waals surface area (Å²) < 4.78 is 52.8. The molecule has 11 heteroatoms. The van der Waals surface area contributed by atoms with Gasteiger partial charge in [-0.2, -0.15) is 0 Å². The summed E-state index contributed by atoms with van der Waals surface area (Å²) >= 11 is 6.27. The Bertz CT molecular complexity index is 1130. The standard InChI is InChI=1S/C23H28ClF2N3O4S/c1-4-12-27-23(31)21(5-2)28(14-16-8-6-7-9-18(16)24)22(30)15-29(34(3,32)33)17-10-11-19(25)20(26)13-17/h6-11,13,21H,4-5,12,14-15H2,1-3H3,(H,27,31). The average molecular weight is 516 g/mol. The molecule has 0 saturated carbocycles. The average Bonchev–Trinajstić information content (AvgIpc) is 2.78. The number of hydrogen-bond acceptors (Lipinski definition) is 4. The van der Waals surface area contributed by atoms with E-state index >= 15 is 0 Å². The number of amides is 2. The molecule has 0 spiro atoms. The van der Waals surface area contributed by atoms with Gasteiger partial charge in [-0.25, -0.2) is 17.2 Å². The Labute approximate surface area is 203 Å². The summed E-state index contributed by atoms with van der Waals surface area (Å²) in [6, 6.07) is 8.43. The van der Waals surface area contributed by atoms with Crippen molar-refractivity contribution in [2.24, 2.45) is 0 Å². The van der Waals surface area contributed by atoms with Gasteiger partial charge in [0.2, 0.25) is 21.8 Å². The van der Waals surface area contributed by atoms with Crippen molar-refractivity contribution in [3.05, 3.63) is 64.7 Å². The fourth-order valence-electron chi connectivity index (χ4n) is 3.35. The smallest absolute Gasteiger partial charge is 0.244 e. The van der Waals surface area contributed by atoms with Crippen molar-refractivity contribution in [1.82, 2.24) is 10.2 Å². The van der Waals surface area contributed by atoms with Crippen molar-refractivity contribution in [3.8, 4) is 0 Å². The summed E-state index contributed by atoms with van der Waals surface area (Å²) in [5.74, 6) is -3.49. The Morgan fingerprint density at radius 1 is 1.09 bits per heavy atom. The Morgan fingerprint density at radius 2 is 1.76 bits per heavy atom. The van der Waals surface area contributed by atoms with E-state index in [4.69, 9.17) is 11.6 Å². The molecule has 2 aromatic carbocycles. The van der Waals surface area contributed by atoms with Crippen LogP contribution in [0.3, 0.4) is 0 Å². The molecule has 0 aliphatic carbocycles. The van der Waals surface area contributed by atoms with Gasteiger partial charge in [-0.05, 0) is 36.6 Å². The van der Waals surface area contributed by atoms with Crippen LogP contribution >= 0.6 is 11.6 Å². The van der Waals surface area contributed by atoms with Gasteiger partial charge in [0.1, 0.15) is 12.6 Å². The zero-order valence-corrected chi connectivity index (χ0v) is 20.8. The van der Waals surface area contributed by atoms with Gasteiger partial charge in [-0.15, -0.1) is 0 Å². The lowest BCUT2D eigenvalue weighted by Gasteiger charge is -2.33. The van der Waals surface area contributed by atoms with Crippen LogP contribution in [0.2, 0.25) is 5.02 Å². The Hall–Kier alpha value is -2.72. The van der Waals surface area contributed by atoms with Crippen LogP contribution in [0.5, 0.6) is 0 Å². The first kappa shape index (κ1) is 27.5. The van der Waals surface area contributed by atoms with Crippen molar-refractivity contribution < 1.29 is 26.8 Å². The van der Waals surface area contributed by atoms with Crippen LogP contribution in [0, 0.1) is 11.6 Å². The predicted octanol–water partition coefficient (Wildman–Crippen LogP) is 3.72. The van der Waals surface area contributed by atoms with Gasteiger partial charge in [0, 0.05) is 24.2 Å². The van der Waals surface area contributed by atoms with Gasteiger partial charge in [0.25, 0.3) is 0 Å². The van der Waals surface area contributed by atoms with E-state index in [1.54, 1.807) is 31.2 Å². The normalized spacial score (nSPS) is 12.2. The molecule has 0 heterocycles. The van der Waals surface area contributed by atoms with Crippen LogP contribution in [-0.4, -0.2) is 50.5 Å². The summed E-state index contributed by atoms with van der Waals surface area (Å²) in [7, 11) is -4.05. The highest BCUT2D eigenvalue weighted by Crippen LogP contribution is 2.23. The van der Waals surface area contributed by atoms with Gasteiger partial charge in [0.15, 0.2) is 11.6 Å². The number of benzene rings is 2. The molecule has 2 amide bonds. The lowest BCUT2D eigenvalue weighted by Crippen LogP contribution is -2.52. The molecule has 0 radical (unpaired) electrons. The van der Waals surface area contributed by atoms with E-state index in [-0.39, 0.29) is 24.6 Å². The highest BCUT2D eigenvalue weighted by Gasteiger charge is 2.32. The molecule has 0 fully saturated rings. The van der Waals surface area contributed by atoms with E-state index < -0.39 is 40.2 Å². The zero-order valence-electron chi connectivity index (χ0n) is 19.2. The third-order valence-corrected chi connectivity index (χ3v) is 6.61. The molecule has 0 saturated heterocycles. The van der Waals surface area contributed by atoms with Gasteiger partial charge < -0.3 is 10.2 Å². The van der Waals surface area contributed by atoms with E-state index in [1.165, 1.54) is 4.90 Å². The summed E-state index contributed by atoms with van der Waals surface area (Å²) in [6.45, 7) is 3.26. The van der Waals surface area contributed by atoms with Crippen LogP contribution in [0.25, 0.3) is 0 Å². The van der Waals surface area contributed by atoms with E-state index in [0.29, 0.717) is 33.9 Å². The number of anilines is 1. The zero-order chi connectivity index (χ0) is 25.5. The fraction of sp³-hybridized carbons (Fsp3) is 0.391. The van der Waals surface area contributed by atoms with Crippen LogP contribution in [-0.2, 0) is 26.2 Å². The fourth-order valence-corrected chi connectivity index (χ4v) is 4.39. The van der Waals surface area contributed by atoms with Crippen LogP contribution in [0.4, 0.5) is 14.5 Å². The maximum absolute atomic E-state index is 13.8. The number of rotatable bonds is 11. The quantitative estimate of drug-likeness (QED) is 0.494. The summed E-state index contributed by atoms with van der Waals surface area (Å²) in [5.41, 5.74) is 0.355.